The Hall–Kier alpha value is -0.980. The minimum atomic E-state index is 0.379. The molecule has 1 nitrogen and oxygen atoms in total. The van der Waals surface area contributed by atoms with Crippen molar-refractivity contribution < 1.29 is 5.11 Å². The first-order valence-electron chi connectivity index (χ1n) is 13.3. The fourth-order valence-electron chi connectivity index (χ4n) is 11.0. The molecular weight excluding hydrogens is 364 g/mol. The van der Waals surface area contributed by atoms with Crippen LogP contribution in [0.4, 0.5) is 0 Å². The zero-order chi connectivity index (χ0) is 20.3. The van der Waals surface area contributed by atoms with Gasteiger partial charge in [-0.05, 0) is 158 Å². The maximum Gasteiger partial charge on any atom is 0.116 e. The lowest BCUT2D eigenvalue weighted by molar-refractivity contribution is -0.00951. The van der Waals surface area contributed by atoms with E-state index in [-0.39, 0.29) is 0 Å². The molecule has 0 heterocycles. The molecule has 162 valence electrons. The molecule has 1 aromatic carbocycles. The molecule has 30 heavy (non-hydrogen) atoms. The summed E-state index contributed by atoms with van der Waals surface area (Å²) < 4.78 is 0. The van der Waals surface area contributed by atoms with Crippen molar-refractivity contribution in [3.8, 4) is 5.75 Å². The van der Waals surface area contributed by atoms with Crippen LogP contribution in [0.25, 0.3) is 0 Å². The Morgan fingerprint density at radius 3 is 1.20 bits per heavy atom. The minimum Gasteiger partial charge on any atom is -0.508 e. The van der Waals surface area contributed by atoms with E-state index in [4.69, 9.17) is 0 Å². The molecule has 8 aliphatic rings. The first-order valence-corrected chi connectivity index (χ1v) is 13.3. The Labute approximate surface area is 183 Å². The second-order valence-electron chi connectivity index (χ2n) is 13.5. The number of rotatable bonds is 3. The molecule has 0 saturated heterocycles. The number of phenolic OH excluding ortho intramolecular Hbond substituents is 1. The largest absolute Gasteiger partial charge is 0.508 e. The van der Waals surface area contributed by atoms with Crippen molar-refractivity contribution >= 4 is 0 Å². The predicted octanol–water partition coefficient (Wildman–Crippen LogP) is 7.45. The van der Waals surface area contributed by atoms with E-state index < -0.39 is 0 Å². The molecule has 8 fully saturated rings. The average Bonchev–Trinajstić information content (AvgIpc) is 2.65. The smallest absolute Gasteiger partial charge is 0.116 e. The molecule has 0 atom stereocenters. The van der Waals surface area contributed by atoms with E-state index in [0.717, 1.165) is 35.5 Å². The molecule has 0 spiro atoms. The van der Waals surface area contributed by atoms with Crippen LogP contribution in [0.3, 0.4) is 0 Å². The summed E-state index contributed by atoms with van der Waals surface area (Å²) in [5.41, 5.74) is 5.68. The van der Waals surface area contributed by atoms with Crippen LogP contribution in [0.1, 0.15) is 114 Å². The monoisotopic (exact) mass is 404 g/mol. The first kappa shape index (κ1) is 18.6. The van der Waals surface area contributed by atoms with Crippen molar-refractivity contribution in [2.75, 3.05) is 0 Å². The van der Waals surface area contributed by atoms with Gasteiger partial charge in [0.25, 0.3) is 0 Å². The molecule has 0 aliphatic heterocycles. The Morgan fingerprint density at radius 2 is 0.933 bits per heavy atom. The van der Waals surface area contributed by atoms with Gasteiger partial charge in [-0.3, -0.25) is 0 Å². The van der Waals surface area contributed by atoms with Crippen LogP contribution in [0, 0.1) is 35.5 Å². The number of phenols is 1. The van der Waals surface area contributed by atoms with Crippen molar-refractivity contribution in [2.24, 2.45) is 35.5 Å². The van der Waals surface area contributed by atoms with Crippen LogP contribution < -0.4 is 0 Å². The lowest BCUT2D eigenvalue weighted by Gasteiger charge is -2.59. The lowest BCUT2D eigenvalue weighted by Crippen LogP contribution is -2.50. The van der Waals surface area contributed by atoms with Gasteiger partial charge in [0.2, 0.25) is 0 Å². The predicted molar refractivity (Wildman–Crippen MR) is 122 cm³/mol. The molecule has 8 bridgehead atoms. The van der Waals surface area contributed by atoms with E-state index in [1.54, 1.807) is 16.7 Å². The molecule has 1 N–H and O–H groups in total. The van der Waals surface area contributed by atoms with Gasteiger partial charge in [0.15, 0.2) is 0 Å². The fourth-order valence-corrected chi connectivity index (χ4v) is 11.0. The van der Waals surface area contributed by atoms with Crippen LogP contribution in [0.5, 0.6) is 5.75 Å². The second kappa shape index (κ2) is 6.08. The summed E-state index contributed by atoms with van der Waals surface area (Å²) in [4.78, 5) is 0. The highest BCUT2D eigenvalue weighted by Gasteiger charge is 2.55. The third-order valence-corrected chi connectivity index (χ3v) is 11.0. The van der Waals surface area contributed by atoms with E-state index in [1.165, 1.54) is 77.0 Å². The summed E-state index contributed by atoms with van der Waals surface area (Å²) in [6.07, 6.45) is 17.4. The topological polar surface area (TPSA) is 20.2 Å². The average molecular weight is 405 g/mol. The molecule has 0 unspecified atom stereocenters. The van der Waals surface area contributed by atoms with E-state index in [0.29, 0.717) is 22.5 Å². The summed E-state index contributed by atoms with van der Waals surface area (Å²) in [6.45, 7) is 4.89. The van der Waals surface area contributed by atoms with Crippen LogP contribution in [-0.2, 0) is 10.8 Å². The molecule has 8 aliphatic carbocycles. The van der Waals surface area contributed by atoms with Crippen LogP contribution in [0.2, 0.25) is 0 Å². The summed E-state index contributed by atoms with van der Waals surface area (Å²) in [5.74, 6) is 6.90. The van der Waals surface area contributed by atoms with Gasteiger partial charge in [-0.1, -0.05) is 13.8 Å². The van der Waals surface area contributed by atoms with Crippen molar-refractivity contribution in [2.45, 2.75) is 108 Å². The molecule has 0 aromatic heterocycles. The first-order chi connectivity index (χ1) is 14.4. The van der Waals surface area contributed by atoms with Crippen molar-refractivity contribution in [3.05, 3.63) is 28.8 Å². The second-order valence-corrected chi connectivity index (χ2v) is 13.5. The van der Waals surface area contributed by atoms with Crippen LogP contribution >= 0.6 is 0 Å². The van der Waals surface area contributed by atoms with Crippen molar-refractivity contribution in [1.29, 1.82) is 0 Å². The number of aromatic hydroxyl groups is 1. The third-order valence-electron chi connectivity index (χ3n) is 11.0. The molecule has 9 rings (SSSR count). The Bertz CT molecular complexity index is 741. The molecule has 0 amide bonds. The van der Waals surface area contributed by atoms with E-state index >= 15 is 0 Å². The zero-order valence-electron chi connectivity index (χ0n) is 19.1. The molecular formula is C29H40O. The molecule has 1 heteroatoms. The van der Waals surface area contributed by atoms with Crippen molar-refractivity contribution in [3.63, 3.8) is 0 Å². The summed E-state index contributed by atoms with van der Waals surface area (Å²) in [7, 11) is 0. The van der Waals surface area contributed by atoms with Gasteiger partial charge in [-0.2, -0.15) is 0 Å². The van der Waals surface area contributed by atoms with Crippen LogP contribution in [-0.4, -0.2) is 5.11 Å². The quantitative estimate of drug-likeness (QED) is 0.554. The molecule has 8 saturated carbocycles. The number of benzene rings is 1. The minimum absolute atomic E-state index is 0.379. The SMILES string of the molecule is CC(C)c1c(C23CC4CC(CC(C4)C2)C3)cc(O)cc1C12CC3CC(CC(C3)C1)C2. The van der Waals surface area contributed by atoms with Crippen molar-refractivity contribution in [1.82, 2.24) is 0 Å². The van der Waals surface area contributed by atoms with E-state index in [1.807, 2.05) is 0 Å². The molecule has 1 aromatic rings. The number of hydrogen-bond donors (Lipinski definition) is 1. The van der Waals surface area contributed by atoms with Gasteiger partial charge in [0.1, 0.15) is 5.75 Å². The Kier molecular flexibility index (Phi) is 3.76. The van der Waals surface area contributed by atoms with Gasteiger partial charge >= 0.3 is 0 Å². The van der Waals surface area contributed by atoms with Gasteiger partial charge < -0.3 is 5.11 Å². The summed E-state index contributed by atoms with van der Waals surface area (Å²) in [5, 5.41) is 11.1. The maximum atomic E-state index is 11.1. The van der Waals surface area contributed by atoms with E-state index in [9.17, 15) is 5.11 Å². The maximum absolute atomic E-state index is 11.1. The fraction of sp³-hybridized carbons (Fsp3) is 0.793. The van der Waals surface area contributed by atoms with Gasteiger partial charge in [0.05, 0.1) is 0 Å². The van der Waals surface area contributed by atoms with Gasteiger partial charge in [-0.15, -0.1) is 0 Å². The van der Waals surface area contributed by atoms with Gasteiger partial charge in [-0.25, -0.2) is 0 Å². The highest BCUT2D eigenvalue weighted by atomic mass is 16.3. The highest BCUT2D eigenvalue weighted by molar-refractivity contribution is 5.52. The van der Waals surface area contributed by atoms with Gasteiger partial charge in [0, 0.05) is 0 Å². The van der Waals surface area contributed by atoms with Crippen LogP contribution in [0.15, 0.2) is 12.1 Å². The summed E-state index contributed by atoms with van der Waals surface area (Å²) >= 11 is 0. The number of hydrogen-bond acceptors (Lipinski definition) is 1. The zero-order valence-corrected chi connectivity index (χ0v) is 19.1. The molecule has 0 radical (unpaired) electrons. The standard InChI is InChI=1S/C29H40O/c1-17(2)27-25(28-11-18-3-19(12-28)5-20(4-18)13-28)9-24(30)10-26(27)29-14-21-6-22(15-29)8-23(7-21)16-29/h9-10,17-23,30H,3-8,11-16H2,1-2H3. The highest BCUT2D eigenvalue weighted by Crippen LogP contribution is 2.65. The third kappa shape index (κ3) is 2.53. The lowest BCUT2D eigenvalue weighted by atomic mass is 9.45. The summed E-state index contributed by atoms with van der Waals surface area (Å²) in [6, 6.07) is 4.51. The Balaban J connectivity index is 1.40. The Morgan fingerprint density at radius 1 is 0.633 bits per heavy atom. The normalized spacial score (nSPS) is 48.1. The van der Waals surface area contributed by atoms with E-state index in [2.05, 4.69) is 26.0 Å².